The molecule has 0 aliphatic carbocycles. The second kappa shape index (κ2) is 11.5. The van der Waals surface area contributed by atoms with Crippen molar-refractivity contribution in [3.8, 4) is 0 Å². The number of hydrogen-bond donors (Lipinski definition) is 2. The van der Waals surface area contributed by atoms with Gasteiger partial charge < -0.3 is 20.1 Å². The van der Waals surface area contributed by atoms with Crippen molar-refractivity contribution in [2.24, 2.45) is 0 Å². The van der Waals surface area contributed by atoms with Crippen molar-refractivity contribution >= 4 is 22.8 Å². The molecule has 3 unspecified atom stereocenters. The molecule has 2 amide bonds. The van der Waals surface area contributed by atoms with Gasteiger partial charge in [-0.1, -0.05) is 91.0 Å². The predicted molar refractivity (Wildman–Crippen MR) is 148 cm³/mol. The van der Waals surface area contributed by atoms with Gasteiger partial charge in [-0.15, -0.1) is 0 Å². The lowest BCUT2D eigenvalue weighted by molar-refractivity contribution is -0.119. The van der Waals surface area contributed by atoms with E-state index in [9.17, 15) is 14.7 Å². The molecule has 38 heavy (non-hydrogen) atoms. The summed E-state index contributed by atoms with van der Waals surface area (Å²) in [6, 6.07) is 32.4. The maximum absolute atomic E-state index is 11.9. The molecule has 3 atom stereocenters. The maximum atomic E-state index is 11.9. The Labute approximate surface area is 222 Å². The molecular formula is C32H32N2O4. The Bertz CT molecular complexity index is 1400. The smallest absolute Gasteiger partial charge is 0.407 e. The Morgan fingerprint density at radius 3 is 2.32 bits per heavy atom. The van der Waals surface area contributed by atoms with E-state index in [-0.39, 0.29) is 24.0 Å². The second-order valence-corrected chi connectivity index (χ2v) is 9.87. The normalized spacial score (nSPS) is 18.2. The van der Waals surface area contributed by atoms with Crippen LogP contribution in [0.25, 0.3) is 10.8 Å². The van der Waals surface area contributed by atoms with E-state index in [1.165, 1.54) is 17.2 Å². The van der Waals surface area contributed by atoms with Crippen molar-refractivity contribution in [1.82, 2.24) is 10.2 Å². The van der Waals surface area contributed by atoms with Gasteiger partial charge in [-0.05, 0) is 45.5 Å². The van der Waals surface area contributed by atoms with Crippen molar-refractivity contribution in [3.05, 3.63) is 119 Å². The van der Waals surface area contributed by atoms with E-state index < -0.39 is 6.09 Å². The summed E-state index contributed by atoms with van der Waals surface area (Å²) in [6.45, 7) is 2.73. The molecule has 1 aliphatic rings. The summed E-state index contributed by atoms with van der Waals surface area (Å²) in [5.74, 6) is -0.0258. The minimum absolute atomic E-state index is 0.0658. The van der Waals surface area contributed by atoms with Crippen LogP contribution < -0.4 is 5.32 Å². The van der Waals surface area contributed by atoms with Crippen molar-refractivity contribution in [1.29, 1.82) is 0 Å². The average molecular weight is 509 g/mol. The molecule has 5 rings (SSSR count). The third kappa shape index (κ3) is 5.87. The molecule has 1 fully saturated rings. The van der Waals surface area contributed by atoms with E-state index >= 15 is 0 Å². The van der Waals surface area contributed by atoms with Crippen molar-refractivity contribution in [2.45, 2.75) is 38.0 Å². The number of likely N-dealkylation sites (tertiary alicyclic amines) is 1. The Kier molecular flexibility index (Phi) is 7.70. The first kappa shape index (κ1) is 25.5. The maximum Gasteiger partial charge on any atom is 0.407 e. The molecule has 0 radical (unpaired) electrons. The molecule has 0 aromatic heterocycles. The summed E-state index contributed by atoms with van der Waals surface area (Å²) in [4.78, 5) is 25.1. The molecule has 0 bridgehead atoms. The first-order valence-electron chi connectivity index (χ1n) is 13.0. The summed E-state index contributed by atoms with van der Waals surface area (Å²) in [5, 5.41) is 15.0. The van der Waals surface area contributed by atoms with Crippen molar-refractivity contribution < 1.29 is 19.4 Å². The van der Waals surface area contributed by atoms with Gasteiger partial charge in [0.1, 0.15) is 0 Å². The van der Waals surface area contributed by atoms with Crippen LogP contribution >= 0.6 is 0 Å². The van der Waals surface area contributed by atoms with Gasteiger partial charge in [0.15, 0.2) is 0 Å². The number of carbonyl (C=O) groups excluding carboxylic acids is 1. The van der Waals surface area contributed by atoms with Crippen LogP contribution in [0.1, 0.15) is 47.6 Å². The molecule has 194 valence electrons. The lowest BCUT2D eigenvalue weighted by atomic mass is 9.85. The number of carboxylic acid groups (broad SMARTS) is 1. The van der Waals surface area contributed by atoms with Crippen LogP contribution in [-0.2, 0) is 16.1 Å². The first-order valence-corrected chi connectivity index (χ1v) is 13.0. The highest BCUT2D eigenvalue weighted by molar-refractivity contribution is 5.83. The molecule has 0 spiro atoms. The molecule has 6 heteroatoms. The van der Waals surface area contributed by atoms with Gasteiger partial charge in [-0.25, -0.2) is 4.79 Å². The van der Waals surface area contributed by atoms with Crippen LogP contribution in [-0.4, -0.2) is 41.2 Å². The SMILES string of the molecule is CC(=O)NC(c1ccccc1)c1ccc(C2CCN(C(=O)O)CC2OCc2ccc3ccccc3c2)cc1. The predicted octanol–water partition coefficient (Wildman–Crippen LogP) is 6.12. The number of ether oxygens (including phenoxy) is 1. The van der Waals surface area contributed by atoms with Gasteiger partial charge in [0, 0.05) is 19.4 Å². The number of nitrogens with one attached hydrogen (secondary N) is 1. The summed E-state index contributed by atoms with van der Waals surface area (Å²) < 4.78 is 6.40. The number of carbonyl (C=O) groups is 2. The minimum Gasteiger partial charge on any atom is -0.465 e. The number of rotatable bonds is 7. The number of fused-ring (bicyclic) bond motifs is 1. The average Bonchev–Trinajstić information content (AvgIpc) is 2.95. The van der Waals surface area contributed by atoms with Gasteiger partial charge in [0.25, 0.3) is 0 Å². The number of benzene rings is 4. The summed E-state index contributed by atoms with van der Waals surface area (Å²) in [5.41, 5.74) is 4.18. The fourth-order valence-electron chi connectivity index (χ4n) is 5.32. The summed E-state index contributed by atoms with van der Waals surface area (Å²) in [6.07, 6.45) is -0.501. The standard InChI is InChI=1S/C32H32N2O4/c1-22(35)33-31(26-8-3-2-4-9-26)27-15-13-25(14-16-27)29-17-18-34(32(36)37)20-30(29)38-21-23-11-12-24-7-5-6-10-28(24)19-23/h2-16,19,29-31H,17-18,20-21H2,1H3,(H,33,35)(H,36,37). The van der Waals surface area contributed by atoms with Crippen LogP contribution in [0, 0.1) is 0 Å². The van der Waals surface area contributed by atoms with E-state index in [1.54, 1.807) is 0 Å². The van der Waals surface area contributed by atoms with Crippen LogP contribution in [0.3, 0.4) is 0 Å². The zero-order chi connectivity index (χ0) is 26.5. The highest BCUT2D eigenvalue weighted by atomic mass is 16.5. The van der Waals surface area contributed by atoms with Crippen LogP contribution in [0.4, 0.5) is 4.79 Å². The zero-order valence-electron chi connectivity index (χ0n) is 21.4. The highest BCUT2D eigenvalue weighted by Gasteiger charge is 2.33. The number of hydrogen-bond acceptors (Lipinski definition) is 3. The quantitative estimate of drug-likeness (QED) is 0.315. The molecule has 1 heterocycles. The van der Waals surface area contributed by atoms with Gasteiger partial charge >= 0.3 is 6.09 Å². The Morgan fingerprint density at radius 2 is 1.61 bits per heavy atom. The molecule has 6 nitrogen and oxygen atoms in total. The highest BCUT2D eigenvalue weighted by Crippen LogP contribution is 2.33. The fourth-order valence-corrected chi connectivity index (χ4v) is 5.32. The Balaban J connectivity index is 1.36. The molecule has 0 saturated carbocycles. The first-order chi connectivity index (χ1) is 18.5. The third-order valence-electron chi connectivity index (χ3n) is 7.29. The third-order valence-corrected chi connectivity index (χ3v) is 7.29. The van der Waals surface area contributed by atoms with Gasteiger partial charge in [0.2, 0.25) is 5.91 Å². The topological polar surface area (TPSA) is 78.9 Å². The largest absolute Gasteiger partial charge is 0.465 e. The zero-order valence-corrected chi connectivity index (χ0v) is 21.4. The lowest BCUT2D eigenvalue weighted by Gasteiger charge is -2.37. The molecule has 4 aromatic carbocycles. The summed E-state index contributed by atoms with van der Waals surface area (Å²) >= 11 is 0. The van der Waals surface area contributed by atoms with Crippen LogP contribution in [0.2, 0.25) is 0 Å². The number of nitrogens with zero attached hydrogens (tertiary/aromatic N) is 1. The molecule has 2 N–H and O–H groups in total. The molecule has 1 aliphatic heterocycles. The van der Waals surface area contributed by atoms with E-state index in [0.29, 0.717) is 26.1 Å². The summed E-state index contributed by atoms with van der Waals surface area (Å²) in [7, 11) is 0. The van der Waals surface area contributed by atoms with Gasteiger partial charge in [-0.2, -0.15) is 0 Å². The number of piperidine rings is 1. The monoisotopic (exact) mass is 508 g/mol. The molecule has 1 saturated heterocycles. The van der Waals surface area contributed by atoms with E-state index in [0.717, 1.165) is 27.6 Å². The number of amides is 2. The van der Waals surface area contributed by atoms with E-state index in [2.05, 4.69) is 47.8 Å². The van der Waals surface area contributed by atoms with Gasteiger partial charge in [-0.3, -0.25) is 4.79 Å². The Hall–Kier alpha value is -4.16. The lowest BCUT2D eigenvalue weighted by Crippen LogP contribution is -2.46. The van der Waals surface area contributed by atoms with Gasteiger partial charge in [0.05, 0.1) is 25.3 Å². The molecule has 4 aromatic rings. The second-order valence-electron chi connectivity index (χ2n) is 9.87. The van der Waals surface area contributed by atoms with E-state index in [1.807, 2.05) is 54.6 Å². The van der Waals surface area contributed by atoms with Crippen molar-refractivity contribution in [2.75, 3.05) is 13.1 Å². The minimum atomic E-state index is -0.917. The van der Waals surface area contributed by atoms with E-state index in [4.69, 9.17) is 4.74 Å². The van der Waals surface area contributed by atoms with Crippen LogP contribution in [0.15, 0.2) is 97.1 Å². The van der Waals surface area contributed by atoms with Crippen LogP contribution in [0.5, 0.6) is 0 Å². The van der Waals surface area contributed by atoms with Crippen molar-refractivity contribution in [3.63, 3.8) is 0 Å². The molecular weight excluding hydrogens is 476 g/mol. The fraction of sp³-hybridized carbons (Fsp3) is 0.250. The Morgan fingerprint density at radius 1 is 0.921 bits per heavy atom.